The van der Waals surface area contributed by atoms with Crippen molar-refractivity contribution >= 4 is 11.8 Å². The van der Waals surface area contributed by atoms with Crippen molar-refractivity contribution in [3.8, 4) is 5.69 Å². The highest BCUT2D eigenvalue weighted by molar-refractivity contribution is 5.96. The number of nitrogens with zero attached hydrogens (tertiary/aromatic N) is 5. The minimum absolute atomic E-state index is 0.0659. The molecule has 0 aliphatic carbocycles. The van der Waals surface area contributed by atoms with Crippen molar-refractivity contribution in [1.82, 2.24) is 24.5 Å². The van der Waals surface area contributed by atoms with E-state index in [2.05, 4.69) is 14.9 Å². The lowest BCUT2D eigenvalue weighted by molar-refractivity contribution is 0.0708. The predicted molar refractivity (Wildman–Crippen MR) is 123 cm³/mol. The lowest BCUT2D eigenvalue weighted by atomic mass is 10.1. The Morgan fingerprint density at radius 1 is 0.906 bits per heavy atom. The molecule has 2 aromatic rings. The standard InChI is InChI=1S/C25H33N5O2/c1-19-23(25(32)28-14-4-5-15-28)17-26-30(19)21-10-8-20(9-11-21)24(31)29-16-6-7-22(29)18-27-12-2-3-13-27/h8-11,17,22H,2-7,12-16,18H2,1H3. The maximum absolute atomic E-state index is 13.2. The zero-order valence-electron chi connectivity index (χ0n) is 19.0. The van der Waals surface area contributed by atoms with E-state index in [1.807, 2.05) is 36.1 Å². The van der Waals surface area contributed by atoms with Gasteiger partial charge in [0.1, 0.15) is 0 Å². The zero-order valence-corrected chi connectivity index (χ0v) is 19.0. The Morgan fingerprint density at radius 2 is 1.59 bits per heavy atom. The molecule has 0 bridgehead atoms. The monoisotopic (exact) mass is 435 g/mol. The number of amides is 2. The second kappa shape index (κ2) is 9.06. The first-order valence-corrected chi connectivity index (χ1v) is 12.1. The average Bonchev–Trinajstić information content (AvgIpc) is 3.61. The third-order valence-electron chi connectivity index (χ3n) is 7.30. The molecule has 0 saturated carbocycles. The van der Waals surface area contributed by atoms with Gasteiger partial charge < -0.3 is 14.7 Å². The fourth-order valence-corrected chi connectivity index (χ4v) is 5.44. The Balaban J connectivity index is 1.29. The Hall–Kier alpha value is -2.67. The summed E-state index contributed by atoms with van der Waals surface area (Å²) in [6, 6.07) is 7.98. The number of rotatable bonds is 5. The molecule has 0 spiro atoms. The second-order valence-electron chi connectivity index (χ2n) is 9.40. The molecule has 4 heterocycles. The van der Waals surface area contributed by atoms with Crippen molar-refractivity contribution in [3.05, 3.63) is 47.3 Å². The maximum Gasteiger partial charge on any atom is 0.257 e. The van der Waals surface area contributed by atoms with Crippen molar-refractivity contribution in [2.24, 2.45) is 0 Å². The summed E-state index contributed by atoms with van der Waals surface area (Å²) < 4.78 is 1.80. The molecular formula is C25H33N5O2. The van der Waals surface area contributed by atoms with Gasteiger partial charge in [0.05, 0.1) is 23.1 Å². The van der Waals surface area contributed by atoms with Crippen LogP contribution in [0.1, 0.15) is 64.9 Å². The molecule has 3 saturated heterocycles. The fourth-order valence-electron chi connectivity index (χ4n) is 5.44. The van der Waals surface area contributed by atoms with E-state index in [4.69, 9.17) is 0 Å². The minimum atomic E-state index is 0.0659. The van der Waals surface area contributed by atoms with Crippen LogP contribution >= 0.6 is 0 Å². The quantitative estimate of drug-likeness (QED) is 0.724. The van der Waals surface area contributed by atoms with E-state index < -0.39 is 0 Å². The first-order chi connectivity index (χ1) is 15.6. The van der Waals surface area contributed by atoms with Gasteiger partial charge in [0.25, 0.3) is 11.8 Å². The molecule has 5 rings (SSSR count). The summed E-state index contributed by atoms with van der Waals surface area (Å²) in [6.07, 6.45) is 8.56. The highest BCUT2D eigenvalue weighted by atomic mass is 16.2. The van der Waals surface area contributed by atoms with E-state index in [9.17, 15) is 9.59 Å². The SMILES string of the molecule is Cc1c(C(=O)N2CCCC2)cnn1-c1ccc(C(=O)N2CCCC2CN2CCCC2)cc1. The van der Waals surface area contributed by atoms with Crippen molar-refractivity contribution in [2.75, 3.05) is 39.3 Å². The fraction of sp³-hybridized carbons (Fsp3) is 0.560. The van der Waals surface area contributed by atoms with Crippen LogP contribution in [0, 0.1) is 6.92 Å². The van der Waals surface area contributed by atoms with Crippen LogP contribution in [0.3, 0.4) is 0 Å². The predicted octanol–water partition coefficient (Wildman–Crippen LogP) is 3.12. The van der Waals surface area contributed by atoms with Crippen molar-refractivity contribution in [1.29, 1.82) is 0 Å². The van der Waals surface area contributed by atoms with E-state index in [-0.39, 0.29) is 11.8 Å². The molecular weight excluding hydrogens is 402 g/mol. The Kier molecular flexibility index (Phi) is 6.00. The van der Waals surface area contributed by atoms with Crippen molar-refractivity contribution in [3.63, 3.8) is 0 Å². The van der Waals surface area contributed by atoms with Gasteiger partial charge in [0, 0.05) is 37.8 Å². The first kappa shape index (κ1) is 21.2. The van der Waals surface area contributed by atoms with E-state index >= 15 is 0 Å². The van der Waals surface area contributed by atoms with Gasteiger partial charge in [-0.05, 0) is 82.8 Å². The van der Waals surface area contributed by atoms with Crippen LogP contribution < -0.4 is 0 Å². The highest BCUT2D eigenvalue weighted by Crippen LogP contribution is 2.24. The Bertz CT molecular complexity index is 971. The maximum atomic E-state index is 13.2. The van der Waals surface area contributed by atoms with Gasteiger partial charge in [-0.3, -0.25) is 9.59 Å². The van der Waals surface area contributed by atoms with Crippen molar-refractivity contribution in [2.45, 2.75) is 51.5 Å². The Morgan fingerprint density at radius 3 is 2.31 bits per heavy atom. The third kappa shape index (κ3) is 4.06. The van der Waals surface area contributed by atoms with Gasteiger partial charge >= 0.3 is 0 Å². The molecule has 0 radical (unpaired) electrons. The summed E-state index contributed by atoms with van der Waals surface area (Å²) in [5.41, 5.74) is 3.09. The molecule has 0 N–H and O–H groups in total. The molecule has 2 amide bonds. The summed E-state index contributed by atoms with van der Waals surface area (Å²) in [7, 11) is 0. The molecule has 1 aromatic carbocycles. The normalized spacial score (nSPS) is 21.6. The number of aromatic nitrogens is 2. The van der Waals surface area contributed by atoms with E-state index in [1.54, 1.807) is 10.9 Å². The number of hydrogen-bond acceptors (Lipinski definition) is 4. The molecule has 7 heteroatoms. The van der Waals surface area contributed by atoms with Crippen LogP contribution in [-0.2, 0) is 0 Å². The van der Waals surface area contributed by atoms with Crippen molar-refractivity contribution < 1.29 is 9.59 Å². The van der Waals surface area contributed by atoms with Gasteiger partial charge in [-0.25, -0.2) is 4.68 Å². The second-order valence-corrected chi connectivity index (χ2v) is 9.40. The summed E-state index contributed by atoms with van der Waals surface area (Å²) in [4.78, 5) is 32.5. The number of likely N-dealkylation sites (tertiary alicyclic amines) is 3. The summed E-state index contributed by atoms with van der Waals surface area (Å²) in [6.45, 7) is 7.77. The van der Waals surface area contributed by atoms with E-state index in [0.29, 0.717) is 11.6 Å². The molecule has 170 valence electrons. The lowest BCUT2D eigenvalue weighted by Crippen LogP contribution is -2.42. The number of benzene rings is 1. The summed E-state index contributed by atoms with van der Waals surface area (Å²) in [5, 5.41) is 4.47. The van der Waals surface area contributed by atoms with Gasteiger partial charge in [-0.2, -0.15) is 5.10 Å². The largest absolute Gasteiger partial charge is 0.339 e. The summed E-state index contributed by atoms with van der Waals surface area (Å²) >= 11 is 0. The van der Waals surface area contributed by atoms with E-state index in [0.717, 1.165) is 68.8 Å². The van der Waals surface area contributed by atoms with Gasteiger partial charge in [0.2, 0.25) is 0 Å². The minimum Gasteiger partial charge on any atom is -0.339 e. The molecule has 3 aliphatic heterocycles. The first-order valence-electron chi connectivity index (χ1n) is 12.1. The van der Waals surface area contributed by atoms with E-state index in [1.165, 1.54) is 25.9 Å². The molecule has 3 aliphatic rings. The van der Waals surface area contributed by atoms with Crippen LogP contribution in [0.2, 0.25) is 0 Å². The Labute approximate surface area is 190 Å². The van der Waals surface area contributed by atoms with Gasteiger partial charge in [-0.1, -0.05) is 0 Å². The molecule has 3 fully saturated rings. The molecule has 1 aromatic heterocycles. The van der Waals surface area contributed by atoms with Crippen LogP contribution in [0.4, 0.5) is 0 Å². The molecule has 1 unspecified atom stereocenters. The van der Waals surface area contributed by atoms with Gasteiger partial charge in [0.15, 0.2) is 0 Å². The number of hydrogen-bond donors (Lipinski definition) is 0. The molecule has 32 heavy (non-hydrogen) atoms. The number of carbonyl (C=O) groups excluding carboxylic acids is 2. The lowest BCUT2D eigenvalue weighted by Gasteiger charge is -2.28. The average molecular weight is 436 g/mol. The van der Waals surface area contributed by atoms with Crippen LogP contribution in [0.25, 0.3) is 5.69 Å². The third-order valence-corrected chi connectivity index (χ3v) is 7.30. The molecule has 1 atom stereocenters. The summed E-state index contributed by atoms with van der Waals surface area (Å²) in [5.74, 6) is 0.191. The highest BCUT2D eigenvalue weighted by Gasteiger charge is 2.31. The van der Waals surface area contributed by atoms with Crippen LogP contribution in [-0.4, -0.2) is 81.6 Å². The van der Waals surface area contributed by atoms with Crippen LogP contribution in [0.15, 0.2) is 30.5 Å². The molecule has 7 nitrogen and oxygen atoms in total. The number of carbonyl (C=O) groups is 2. The topological polar surface area (TPSA) is 61.7 Å². The van der Waals surface area contributed by atoms with Gasteiger partial charge in [-0.15, -0.1) is 0 Å². The van der Waals surface area contributed by atoms with Crippen LogP contribution in [0.5, 0.6) is 0 Å². The zero-order chi connectivity index (χ0) is 22.1. The smallest absolute Gasteiger partial charge is 0.257 e.